The Balaban J connectivity index is 1.15. The van der Waals surface area contributed by atoms with E-state index in [0.29, 0.717) is 15.5 Å². The van der Waals surface area contributed by atoms with Crippen LogP contribution in [0.25, 0.3) is 11.8 Å². The van der Waals surface area contributed by atoms with Gasteiger partial charge in [-0.05, 0) is 135 Å². The van der Waals surface area contributed by atoms with Crippen molar-refractivity contribution < 1.29 is 4.79 Å². The molecule has 0 unspecified atom stereocenters. The summed E-state index contributed by atoms with van der Waals surface area (Å²) in [5.74, 6) is 2.78. The molecule has 1 saturated heterocycles. The number of carbonyl (C=O) groups excluding carboxylic acids is 1. The second kappa shape index (κ2) is 8.76. The van der Waals surface area contributed by atoms with Crippen molar-refractivity contribution in [3.8, 4) is 5.69 Å². The Morgan fingerprint density at radius 3 is 2.24 bits per heavy atom. The fraction of sp³-hybridized carbons (Fsp3) is 0.375. The highest BCUT2D eigenvalue weighted by Crippen LogP contribution is 2.60. The summed E-state index contributed by atoms with van der Waals surface area (Å²) in [6, 6.07) is 21.3. The van der Waals surface area contributed by atoms with Crippen LogP contribution in [-0.2, 0) is 10.2 Å². The molecule has 0 spiro atoms. The second-order valence-electron chi connectivity index (χ2n) is 11.7. The Morgan fingerprint density at radius 2 is 1.59 bits per heavy atom. The van der Waals surface area contributed by atoms with Crippen molar-refractivity contribution in [1.29, 1.82) is 0 Å². The van der Waals surface area contributed by atoms with Crippen LogP contribution >= 0.6 is 11.8 Å². The second-order valence-corrected chi connectivity index (χ2v) is 12.8. The van der Waals surface area contributed by atoms with Crippen molar-refractivity contribution >= 4 is 34.6 Å². The van der Waals surface area contributed by atoms with Gasteiger partial charge >= 0.3 is 0 Å². The number of nitrogens with one attached hydrogen (secondary N) is 1. The summed E-state index contributed by atoms with van der Waals surface area (Å²) in [7, 11) is 0. The molecule has 4 nitrogen and oxygen atoms in total. The third-order valence-corrected chi connectivity index (χ3v) is 10.1. The first-order valence-electron chi connectivity index (χ1n) is 13.6. The van der Waals surface area contributed by atoms with Gasteiger partial charge in [-0.15, -0.1) is 0 Å². The first kappa shape index (κ1) is 23.1. The predicted octanol–water partition coefficient (Wildman–Crippen LogP) is 7.45. The monoisotopic (exact) mass is 507 g/mol. The lowest BCUT2D eigenvalue weighted by atomic mass is 9.48. The number of hydrogen-bond acceptors (Lipinski definition) is 3. The van der Waals surface area contributed by atoms with E-state index >= 15 is 0 Å². The maximum Gasteiger partial charge on any atom is 0.264 e. The zero-order valence-electron chi connectivity index (χ0n) is 21.5. The summed E-state index contributed by atoms with van der Waals surface area (Å²) < 4.78 is 2.31. The number of thioether (sulfide) groups is 1. The van der Waals surface area contributed by atoms with Crippen molar-refractivity contribution in [2.75, 3.05) is 0 Å². The molecule has 37 heavy (non-hydrogen) atoms. The molecule has 4 aliphatic carbocycles. The fourth-order valence-corrected chi connectivity index (χ4v) is 8.83. The first-order chi connectivity index (χ1) is 18.0. The number of benzene rings is 2. The van der Waals surface area contributed by atoms with Gasteiger partial charge in [-0.3, -0.25) is 4.79 Å². The van der Waals surface area contributed by atoms with E-state index in [1.165, 1.54) is 61.7 Å². The van der Waals surface area contributed by atoms with Crippen LogP contribution in [0.5, 0.6) is 0 Å². The molecule has 188 valence electrons. The van der Waals surface area contributed by atoms with Crippen molar-refractivity contribution in [3.63, 3.8) is 0 Å². The molecule has 2 heterocycles. The van der Waals surface area contributed by atoms with Crippen molar-refractivity contribution in [1.82, 2.24) is 9.88 Å². The lowest BCUT2D eigenvalue weighted by Gasteiger charge is -2.57. The summed E-state index contributed by atoms with van der Waals surface area (Å²) in [5.41, 5.74) is 7.41. The minimum atomic E-state index is -0.0931. The Labute approximate surface area is 223 Å². The minimum absolute atomic E-state index is 0.0931. The average molecular weight is 508 g/mol. The Bertz CT molecular complexity index is 1400. The minimum Gasteiger partial charge on any atom is -0.318 e. The number of amidine groups is 1. The van der Waals surface area contributed by atoms with E-state index in [1.807, 2.05) is 36.4 Å². The number of nitrogens with zero attached hydrogens (tertiary/aromatic N) is 2. The van der Waals surface area contributed by atoms with Crippen LogP contribution in [0.2, 0.25) is 0 Å². The lowest BCUT2D eigenvalue weighted by Crippen LogP contribution is -2.48. The zero-order valence-corrected chi connectivity index (χ0v) is 22.4. The topological polar surface area (TPSA) is 46.4 Å². The number of para-hydroxylation sites is 1. The highest BCUT2D eigenvalue weighted by Gasteiger charge is 2.51. The summed E-state index contributed by atoms with van der Waals surface area (Å²) in [6.07, 6.45) is 10.6. The molecule has 5 fully saturated rings. The third-order valence-electron chi connectivity index (χ3n) is 9.17. The SMILES string of the molecule is Cc1cc(/C=C2\SC(=Nc3ccccc3)NC2=O)c(C)n1-c1ccc(C23CC4CC(CC(C4)C2)C3)cc1. The molecule has 5 heteroatoms. The molecule has 1 aromatic heterocycles. The number of amides is 1. The van der Waals surface area contributed by atoms with E-state index < -0.39 is 0 Å². The number of aryl methyl sites for hydroxylation is 1. The highest BCUT2D eigenvalue weighted by atomic mass is 32.2. The summed E-state index contributed by atoms with van der Waals surface area (Å²) in [5, 5.41) is 3.53. The molecular formula is C32H33N3OS. The Morgan fingerprint density at radius 1 is 0.946 bits per heavy atom. The van der Waals surface area contributed by atoms with Gasteiger partial charge < -0.3 is 9.88 Å². The van der Waals surface area contributed by atoms with Crippen molar-refractivity contribution in [2.45, 2.75) is 57.8 Å². The Hall–Kier alpha value is -3.05. The molecule has 4 saturated carbocycles. The smallest absolute Gasteiger partial charge is 0.264 e. The maximum atomic E-state index is 12.7. The maximum absolute atomic E-state index is 12.7. The van der Waals surface area contributed by atoms with Crippen LogP contribution < -0.4 is 5.32 Å². The van der Waals surface area contributed by atoms with Crippen LogP contribution in [0.15, 0.2) is 70.6 Å². The van der Waals surface area contributed by atoms with Gasteiger partial charge in [0.05, 0.1) is 10.6 Å². The van der Waals surface area contributed by atoms with Crippen LogP contribution in [-0.4, -0.2) is 15.6 Å². The van der Waals surface area contributed by atoms with Gasteiger partial charge in [0.2, 0.25) is 0 Å². The number of aliphatic imine (C=N–C) groups is 1. The summed E-state index contributed by atoms with van der Waals surface area (Å²) in [6.45, 7) is 4.29. The first-order valence-corrected chi connectivity index (χ1v) is 14.4. The predicted molar refractivity (Wildman–Crippen MR) is 152 cm³/mol. The summed E-state index contributed by atoms with van der Waals surface area (Å²) in [4.78, 5) is 17.9. The van der Waals surface area contributed by atoms with Crippen LogP contribution in [0.1, 0.15) is 61.0 Å². The van der Waals surface area contributed by atoms with E-state index in [1.54, 1.807) is 5.56 Å². The van der Waals surface area contributed by atoms with Crippen molar-refractivity contribution in [2.24, 2.45) is 22.7 Å². The van der Waals surface area contributed by atoms with E-state index in [0.717, 1.165) is 34.7 Å². The van der Waals surface area contributed by atoms with Gasteiger partial charge in [-0.25, -0.2) is 4.99 Å². The van der Waals surface area contributed by atoms with Crippen LogP contribution in [0.4, 0.5) is 5.69 Å². The molecule has 5 aliphatic rings. The molecule has 1 N–H and O–H groups in total. The molecular weight excluding hydrogens is 474 g/mol. The average Bonchev–Trinajstić information content (AvgIpc) is 3.36. The standard InChI is InChI=1S/C32H33N3OS/c1-20-12-25(16-29-30(36)34-31(37-29)33-27-6-4-3-5-7-27)21(2)35(20)28-10-8-26(9-11-28)32-17-22-13-23(18-32)15-24(14-22)19-32/h3-12,16,22-24H,13-15,17-19H2,1-2H3,(H,33,34,36)/b29-16-. The van der Waals surface area contributed by atoms with Crippen LogP contribution in [0, 0.1) is 31.6 Å². The Kier molecular flexibility index (Phi) is 5.47. The van der Waals surface area contributed by atoms with Gasteiger partial charge in [-0.2, -0.15) is 0 Å². The number of carbonyl (C=O) groups is 1. The van der Waals surface area contributed by atoms with Gasteiger partial charge in [0.15, 0.2) is 5.17 Å². The number of aromatic nitrogens is 1. The normalized spacial score (nSPS) is 30.4. The van der Waals surface area contributed by atoms with E-state index in [4.69, 9.17) is 0 Å². The van der Waals surface area contributed by atoms with E-state index in [2.05, 4.69) is 59.1 Å². The van der Waals surface area contributed by atoms with E-state index in [-0.39, 0.29) is 5.91 Å². The number of rotatable bonds is 4. The van der Waals surface area contributed by atoms with Crippen LogP contribution in [0.3, 0.4) is 0 Å². The van der Waals surface area contributed by atoms with Crippen molar-refractivity contribution in [3.05, 3.63) is 88.1 Å². The molecule has 3 aromatic rings. The largest absolute Gasteiger partial charge is 0.318 e. The molecule has 8 rings (SSSR count). The van der Waals surface area contributed by atoms with Gasteiger partial charge in [-0.1, -0.05) is 30.3 Å². The molecule has 1 amide bonds. The quantitative estimate of drug-likeness (QED) is 0.373. The molecule has 0 radical (unpaired) electrons. The van der Waals surface area contributed by atoms with Gasteiger partial charge in [0.25, 0.3) is 5.91 Å². The van der Waals surface area contributed by atoms with E-state index in [9.17, 15) is 4.79 Å². The highest BCUT2D eigenvalue weighted by molar-refractivity contribution is 8.18. The molecule has 1 aliphatic heterocycles. The lowest BCUT2D eigenvalue weighted by molar-refractivity contribution is -0.115. The summed E-state index contributed by atoms with van der Waals surface area (Å²) >= 11 is 1.40. The molecule has 4 bridgehead atoms. The fourth-order valence-electron chi connectivity index (χ4n) is 8.00. The third kappa shape index (κ3) is 4.08. The number of hydrogen-bond donors (Lipinski definition) is 1. The molecule has 0 atom stereocenters. The van der Waals surface area contributed by atoms with Gasteiger partial charge in [0.1, 0.15) is 0 Å². The molecule has 2 aromatic carbocycles. The van der Waals surface area contributed by atoms with Gasteiger partial charge in [0, 0.05) is 17.1 Å². The zero-order chi connectivity index (χ0) is 25.1.